The van der Waals surface area contributed by atoms with E-state index >= 15 is 0 Å². The van der Waals surface area contributed by atoms with E-state index in [1.165, 1.54) is 0 Å². The minimum absolute atomic E-state index is 0.0871. The molecule has 2 rings (SSSR count). The van der Waals surface area contributed by atoms with Gasteiger partial charge in [0.2, 0.25) is 5.91 Å². The van der Waals surface area contributed by atoms with Gasteiger partial charge in [0.05, 0.1) is 11.8 Å². The van der Waals surface area contributed by atoms with Crippen LogP contribution in [0, 0.1) is 28.6 Å². The fraction of sp³-hybridized carbons (Fsp3) is 0.846. The molecule has 2 aliphatic rings. The Morgan fingerprint density at radius 2 is 1.71 bits per heavy atom. The molecule has 0 spiro atoms. The number of hydrogen-bond donors (Lipinski definition) is 2. The van der Waals surface area contributed by atoms with Gasteiger partial charge in [-0.1, -0.05) is 27.7 Å². The first kappa shape index (κ1) is 12.4. The van der Waals surface area contributed by atoms with Gasteiger partial charge < -0.3 is 10.4 Å². The van der Waals surface area contributed by atoms with Gasteiger partial charge in [-0.05, 0) is 23.2 Å². The van der Waals surface area contributed by atoms with Crippen molar-refractivity contribution in [2.24, 2.45) is 28.6 Å². The van der Waals surface area contributed by atoms with E-state index in [9.17, 15) is 9.59 Å². The summed E-state index contributed by atoms with van der Waals surface area (Å²) in [7, 11) is 0. The molecular formula is C13H21NO3. The van der Waals surface area contributed by atoms with E-state index in [0.717, 1.165) is 0 Å². The van der Waals surface area contributed by atoms with Crippen molar-refractivity contribution in [3.63, 3.8) is 0 Å². The molecule has 0 saturated heterocycles. The van der Waals surface area contributed by atoms with Gasteiger partial charge in [0.1, 0.15) is 0 Å². The number of aliphatic carboxylic acids is 1. The largest absolute Gasteiger partial charge is 0.481 e. The molecule has 0 aromatic carbocycles. The molecule has 96 valence electrons. The van der Waals surface area contributed by atoms with Crippen LogP contribution in [0.3, 0.4) is 0 Å². The molecule has 0 aromatic rings. The van der Waals surface area contributed by atoms with Crippen molar-refractivity contribution in [3.05, 3.63) is 0 Å². The topological polar surface area (TPSA) is 66.4 Å². The van der Waals surface area contributed by atoms with Crippen LogP contribution >= 0.6 is 0 Å². The van der Waals surface area contributed by atoms with Crippen LogP contribution in [-0.2, 0) is 9.59 Å². The van der Waals surface area contributed by atoms with E-state index in [1.54, 1.807) is 0 Å². The van der Waals surface area contributed by atoms with Crippen LogP contribution in [0.1, 0.15) is 34.1 Å². The Morgan fingerprint density at radius 1 is 1.18 bits per heavy atom. The zero-order valence-corrected chi connectivity index (χ0v) is 10.9. The summed E-state index contributed by atoms with van der Waals surface area (Å²) in [6, 6.07) is 0. The SMILES string of the molecule is CC1(C)C(CNC(=O)[C@@H]2C[C@@H]2C(=O)O)C1(C)C. The maximum absolute atomic E-state index is 11.7. The Balaban J connectivity index is 1.78. The predicted octanol–water partition coefficient (Wildman–Crippen LogP) is 1.51. The van der Waals surface area contributed by atoms with Gasteiger partial charge in [-0.25, -0.2) is 0 Å². The van der Waals surface area contributed by atoms with Gasteiger partial charge in [0, 0.05) is 6.54 Å². The van der Waals surface area contributed by atoms with E-state index in [-0.39, 0.29) is 22.7 Å². The Morgan fingerprint density at radius 3 is 2.06 bits per heavy atom. The lowest BCUT2D eigenvalue weighted by molar-refractivity contribution is -0.140. The van der Waals surface area contributed by atoms with Crippen molar-refractivity contribution in [2.45, 2.75) is 34.1 Å². The Bertz CT molecular complexity index is 359. The third-order valence-corrected chi connectivity index (χ3v) is 5.24. The highest BCUT2D eigenvalue weighted by Crippen LogP contribution is 2.67. The molecule has 2 aliphatic carbocycles. The molecule has 17 heavy (non-hydrogen) atoms. The summed E-state index contributed by atoms with van der Waals surface area (Å²) in [6.45, 7) is 9.51. The molecule has 0 radical (unpaired) electrons. The lowest BCUT2D eigenvalue weighted by Gasteiger charge is -2.05. The summed E-state index contributed by atoms with van der Waals surface area (Å²) >= 11 is 0. The summed E-state index contributed by atoms with van der Waals surface area (Å²) < 4.78 is 0. The van der Waals surface area contributed by atoms with Gasteiger partial charge >= 0.3 is 5.97 Å². The first-order valence-corrected chi connectivity index (χ1v) is 6.20. The molecule has 2 N–H and O–H groups in total. The Kier molecular flexibility index (Phi) is 2.53. The maximum atomic E-state index is 11.7. The predicted molar refractivity (Wildman–Crippen MR) is 63.3 cm³/mol. The number of carbonyl (C=O) groups is 2. The second-order valence-electron chi connectivity index (χ2n) is 6.53. The molecule has 0 bridgehead atoms. The minimum Gasteiger partial charge on any atom is -0.481 e. The standard InChI is InChI=1S/C13H21NO3/c1-12(2)9(13(12,3)4)6-14-10(15)7-5-8(7)11(16)17/h7-9H,5-6H2,1-4H3,(H,14,15)(H,16,17)/t7-,8+/m1/s1. The summed E-state index contributed by atoms with van der Waals surface area (Å²) in [6.07, 6.45) is 0.499. The van der Waals surface area contributed by atoms with Gasteiger partial charge in [-0.3, -0.25) is 9.59 Å². The second kappa shape index (κ2) is 3.47. The molecule has 4 heteroatoms. The van der Waals surface area contributed by atoms with Crippen LogP contribution in [0.25, 0.3) is 0 Å². The maximum Gasteiger partial charge on any atom is 0.307 e. The highest BCUT2D eigenvalue weighted by Gasteiger charge is 2.64. The van der Waals surface area contributed by atoms with E-state index < -0.39 is 11.9 Å². The molecule has 2 saturated carbocycles. The number of amides is 1. The van der Waals surface area contributed by atoms with E-state index in [4.69, 9.17) is 5.11 Å². The number of hydrogen-bond acceptors (Lipinski definition) is 2. The first-order chi connectivity index (χ1) is 7.69. The van der Waals surface area contributed by atoms with E-state index in [0.29, 0.717) is 18.9 Å². The highest BCUT2D eigenvalue weighted by molar-refractivity contribution is 5.89. The fourth-order valence-corrected chi connectivity index (χ4v) is 2.93. The third kappa shape index (κ3) is 1.83. The van der Waals surface area contributed by atoms with Gasteiger partial charge in [0.15, 0.2) is 0 Å². The summed E-state index contributed by atoms with van der Waals surface area (Å²) in [5, 5.41) is 11.6. The molecule has 0 heterocycles. The van der Waals surface area contributed by atoms with Crippen molar-refractivity contribution in [1.82, 2.24) is 5.32 Å². The molecule has 0 aliphatic heterocycles. The minimum atomic E-state index is -0.850. The lowest BCUT2D eigenvalue weighted by Crippen LogP contribution is -2.29. The second-order valence-corrected chi connectivity index (χ2v) is 6.53. The summed E-state index contributed by atoms with van der Waals surface area (Å²) in [4.78, 5) is 22.4. The number of carboxylic acid groups (broad SMARTS) is 1. The molecule has 1 amide bonds. The Labute approximate surface area is 102 Å². The van der Waals surface area contributed by atoms with Gasteiger partial charge in [-0.15, -0.1) is 0 Å². The molecule has 0 aromatic heterocycles. The average molecular weight is 239 g/mol. The van der Waals surface area contributed by atoms with Crippen LogP contribution in [0.2, 0.25) is 0 Å². The van der Waals surface area contributed by atoms with Crippen molar-refractivity contribution < 1.29 is 14.7 Å². The Hall–Kier alpha value is -1.06. The number of nitrogens with one attached hydrogen (secondary N) is 1. The quantitative estimate of drug-likeness (QED) is 0.781. The summed E-state index contributed by atoms with van der Waals surface area (Å²) in [5.74, 6) is -1.19. The lowest BCUT2D eigenvalue weighted by atomic mass is 10.0. The fourth-order valence-electron chi connectivity index (χ4n) is 2.93. The number of carboxylic acids is 1. The third-order valence-electron chi connectivity index (χ3n) is 5.24. The normalized spacial score (nSPS) is 32.9. The number of carbonyl (C=O) groups excluding carboxylic acids is 1. The van der Waals surface area contributed by atoms with Gasteiger partial charge in [0.25, 0.3) is 0 Å². The van der Waals surface area contributed by atoms with Crippen molar-refractivity contribution >= 4 is 11.9 Å². The zero-order chi connectivity index (χ0) is 13.0. The molecule has 4 nitrogen and oxygen atoms in total. The van der Waals surface area contributed by atoms with Crippen LogP contribution in [-0.4, -0.2) is 23.5 Å². The van der Waals surface area contributed by atoms with Crippen LogP contribution < -0.4 is 5.32 Å². The van der Waals surface area contributed by atoms with E-state index in [1.807, 2.05) is 0 Å². The monoisotopic (exact) mass is 239 g/mol. The van der Waals surface area contributed by atoms with Crippen LogP contribution in [0.4, 0.5) is 0 Å². The zero-order valence-electron chi connectivity index (χ0n) is 10.9. The van der Waals surface area contributed by atoms with Gasteiger partial charge in [-0.2, -0.15) is 0 Å². The summed E-state index contributed by atoms with van der Waals surface area (Å²) in [5.41, 5.74) is 0.520. The first-order valence-electron chi connectivity index (χ1n) is 6.20. The molecular weight excluding hydrogens is 218 g/mol. The van der Waals surface area contributed by atoms with E-state index in [2.05, 4.69) is 33.0 Å². The van der Waals surface area contributed by atoms with Crippen LogP contribution in [0.15, 0.2) is 0 Å². The number of rotatable bonds is 4. The van der Waals surface area contributed by atoms with Crippen LogP contribution in [0.5, 0.6) is 0 Å². The average Bonchev–Trinajstić information content (AvgIpc) is 3.02. The van der Waals surface area contributed by atoms with Crippen molar-refractivity contribution in [1.29, 1.82) is 0 Å². The van der Waals surface area contributed by atoms with Crippen molar-refractivity contribution in [2.75, 3.05) is 6.54 Å². The highest BCUT2D eigenvalue weighted by atomic mass is 16.4. The smallest absolute Gasteiger partial charge is 0.307 e. The molecule has 2 atom stereocenters. The molecule has 0 unspecified atom stereocenters. The van der Waals surface area contributed by atoms with Crippen molar-refractivity contribution in [3.8, 4) is 0 Å². The molecule has 2 fully saturated rings.